The Balaban J connectivity index is 2.00. The molecular formula is C20H18O6. The second-order valence-corrected chi connectivity index (χ2v) is 6.14. The highest BCUT2D eigenvalue weighted by molar-refractivity contribution is 5.78. The van der Waals surface area contributed by atoms with Crippen molar-refractivity contribution in [3.63, 3.8) is 0 Å². The number of benzene rings is 3. The minimum atomic E-state index is -0.235. The molecule has 0 spiro atoms. The lowest BCUT2D eigenvalue weighted by atomic mass is 9.97. The molecule has 0 aromatic heterocycles. The molecule has 0 atom stereocenters. The van der Waals surface area contributed by atoms with Crippen molar-refractivity contribution in [1.82, 2.24) is 0 Å². The van der Waals surface area contributed by atoms with E-state index in [1.807, 2.05) is 0 Å². The van der Waals surface area contributed by atoms with Crippen molar-refractivity contribution in [1.29, 1.82) is 0 Å². The average Bonchev–Trinajstić information content (AvgIpc) is 2.56. The highest BCUT2D eigenvalue weighted by atomic mass is 16.3. The Morgan fingerprint density at radius 3 is 1.85 bits per heavy atom. The van der Waals surface area contributed by atoms with E-state index in [0.29, 0.717) is 16.7 Å². The zero-order chi connectivity index (χ0) is 19.0. The highest BCUT2D eigenvalue weighted by Crippen LogP contribution is 2.41. The maximum absolute atomic E-state index is 10.3. The van der Waals surface area contributed by atoms with E-state index in [4.69, 9.17) is 0 Å². The molecule has 0 aliphatic rings. The fourth-order valence-corrected chi connectivity index (χ4v) is 2.79. The molecule has 0 bridgehead atoms. The van der Waals surface area contributed by atoms with Gasteiger partial charge in [-0.3, -0.25) is 0 Å². The van der Waals surface area contributed by atoms with Crippen LogP contribution in [0.5, 0.6) is 34.5 Å². The van der Waals surface area contributed by atoms with Crippen LogP contribution >= 0.6 is 0 Å². The number of hydrogen-bond acceptors (Lipinski definition) is 6. The normalized spacial score (nSPS) is 10.8. The van der Waals surface area contributed by atoms with Gasteiger partial charge in [-0.1, -0.05) is 0 Å². The predicted molar refractivity (Wildman–Crippen MR) is 95.9 cm³/mol. The van der Waals surface area contributed by atoms with Gasteiger partial charge >= 0.3 is 0 Å². The van der Waals surface area contributed by atoms with Gasteiger partial charge < -0.3 is 30.6 Å². The van der Waals surface area contributed by atoms with E-state index in [2.05, 4.69) is 0 Å². The molecule has 6 nitrogen and oxygen atoms in total. The third-order valence-electron chi connectivity index (χ3n) is 4.28. The first-order chi connectivity index (χ1) is 12.3. The second-order valence-electron chi connectivity index (χ2n) is 6.14. The van der Waals surface area contributed by atoms with Crippen molar-refractivity contribution in [2.45, 2.75) is 13.3 Å². The number of phenols is 6. The lowest BCUT2D eigenvalue weighted by Crippen LogP contribution is -1.92. The van der Waals surface area contributed by atoms with E-state index in [-0.39, 0.29) is 52.0 Å². The summed E-state index contributed by atoms with van der Waals surface area (Å²) < 4.78 is 0. The average molecular weight is 354 g/mol. The number of phenolic OH excluding ortho intramolecular Hbond substituents is 6. The van der Waals surface area contributed by atoms with E-state index in [0.717, 1.165) is 6.07 Å². The van der Waals surface area contributed by atoms with Crippen molar-refractivity contribution < 1.29 is 30.6 Å². The molecule has 134 valence electrons. The summed E-state index contributed by atoms with van der Waals surface area (Å²) in [5, 5.41) is 59.5. The quantitative estimate of drug-likeness (QED) is 0.401. The molecule has 3 rings (SSSR count). The van der Waals surface area contributed by atoms with Gasteiger partial charge in [0, 0.05) is 34.7 Å². The van der Waals surface area contributed by atoms with Crippen LogP contribution in [0.25, 0.3) is 11.1 Å². The van der Waals surface area contributed by atoms with Gasteiger partial charge in [0.15, 0.2) is 0 Å². The molecule has 0 unspecified atom stereocenters. The van der Waals surface area contributed by atoms with Crippen LogP contribution in [0.1, 0.15) is 16.7 Å². The van der Waals surface area contributed by atoms with Crippen molar-refractivity contribution in [3.05, 3.63) is 59.2 Å². The molecular weight excluding hydrogens is 336 g/mol. The Morgan fingerprint density at radius 1 is 0.615 bits per heavy atom. The van der Waals surface area contributed by atoms with Crippen LogP contribution in [0.4, 0.5) is 0 Å². The highest BCUT2D eigenvalue weighted by Gasteiger charge is 2.15. The first-order valence-corrected chi connectivity index (χ1v) is 7.85. The molecule has 0 amide bonds. The Bertz CT molecular complexity index is 971. The Kier molecular flexibility index (Phi) is 4.26. The maximum atomic E-state index is 10.3. The molecule has 26 heavy (non-hydrogen) atoms. The topological polar surface area (TPSA) is 121 Å². The minimum absolute atomic E-state index is 0.0608. The third kappa shape index (κ3) is 3.17. The van der Waals surface area contributed by atoms with Gasteiger partial charge in [-0.05, 0) is 48.9 Å². The molecule has 3 aromatic carbocycles. The van der Waals surface area contributed by atoms with Crippen molar-refractivity contribution in [2.75, 3.05) is 0 Å². The summed E-state index contributed by atoms with van der Waals surface area (Å²) in [6.45, 7) is 1.58. The summed E-state index contributed by atoms with van der Waals surface area (Å²) in [7, 11) is 0. The Labute approximate surface area is 149 Å². The van der Waals surface area contributed by atoms with Crippen molar-refractivity contribution >= 4 is 0 Å². The summed E-state index contributed by atoms with van der Waals surface area (Å²) in [6.07, 6.45) is 0.169. The molecule has 0 saturated heterocycles. The summed E-state index contributed by atoms with van der Waals surface area (Å²) in [5.74, 6) is -0.765. The number of aromatic hydroxyl groups is 6. The lowest BCUT2D eigenvalue weighted by molar-refractivity contribution is 0.441. The fraction of sp³-hybridized carbons (Fsp3) is 0.100. The molecule has 0 radical (unpaired) electrons. The lowest BCUT2D eigenvalue weighted by Gasteiger charge is -2.13. The van der Waals surface area contributed by atoms with Gasteiger partial charge in [-0.15, -0.1) is 0 Å². The minimum Gasteiger partial charge on any atom is -0.508 e. The van der Waals surface area contributed by atoms with Crippen LogP contribution in [-0.4, -0.2) is 30.6 Å². The standard InChI is InChI=1S/C20H18O6/c1-10-16(22)5-11(6-17(10)23)4-12-7-19(25)15(9-18(12)24)14-3-2-13(21)8-20(14)26/h2-3,5-9,21-26H,4H2,1H3. The number of rotatable bonds is 3. The Morgan fingerprint density at radius 2 is 1.23 bits per heavy atom. The zero-order valence-corrected chi connectivity index (χ0v) is 13.9. The zero-order valence-electron chi connectivity index (χ0n) is 13.9. The van der Waals surface area contributed by atoms with E-state index in [1.165, 1.54) is 36.4 Å². The van der Waals surface area contributed by atoms with Gasteiger partial charge in [0.2, 0.25) is 0 Å². The van der Waals surface area contributed by atoms with Crippen molar-refractivity contribution in [2.24, 2.45) is 0 Å². The molecule has 6 N–H and O–H groups in total. The van der Waals surface area contributed by atoms with Crippen LogP contribution < -0.4 is 0 Å². The van der Waals surface area contributed by atoms with Crippen LogP contribution in [0.2, 0.25) is 0 Å². The first kappa shape index (κ1) is 17.3. The smallest absolute Gasteiger partial charge is 0.127 e. The molecule has 0 saturated carbocycles. The molecule has 0 heterocycles. The van der Waals surface area contributed by atoms with Crippen LogP contribution in [0.15, 0.2) is 42.5 Å². The van der Waals surface area contributed by atoms with Crippen LogP contribution in [-0.2, 0) is 6.42 Å². The van der Waals surface area contributed by atoms with Gasteiger partial charge in [-0.25, -0.2) is 0 Å². The van der Waals surface area contributed by atoms with Gasteiger partial charge in [0.1, 0.15) is 34.5 Å². The third-order valence-corrected chi connectivity index (χ3v) is 4.28. The molecule has 0 fully saturated rings. The Hall–Kier alpha value is -3.54. The first-order valence-electron chi connectivity index (χ1n) is 7.85. The maximum Gasteiger partial charge on any atom is 0.127 e. The molecule has 3 aromatic rings. The van der Waals surface area contributed by atoms with E-state index in [1.54, 1.807) is 6.92 Å². The van der Waals surface area contributed by atoms with E-state index >= 15 is 0 Å². The van der Waals surface area contributed by atoms with Gasteiger partial charge in [0.25, 0.3) is 0 Å². The largest absolute Gasteiger partial charge is 0.508 e. The molecule has 0 aliphatic heterocycles. The van der Waals surface area contributed by atoms with Gasteiger partial charge in [-0.2, -0.15) is 0 Å². The SMILES string of the molecule is Cc1c(O)cc(Cc2cc(O)c(-c3ccc(O)cc3O)cc2O)cc1O. The number of hydrogen-bond donors (Lipinski definition) is 6. The van der Waals surface area contributed by atoms with E-state index < -0.39 is 0 Å². The fourth-order valence-electron chi connectivity index (χ4n) is 2.79. The predicted octanol–water partition coefficient (Wildman–Crippen LogP) is 3.49. The van der Waals surface area contributed by atoms with Crippen LogP contribution in [0.3, 0.4) is 0 Å². The van der Waals surface area contributed by atoms with E-state index in [9.17, 15) is 30.6 Å². The summed E-state index contributed by atoms with van der Waals surface area (Å²) in [4.78, 5) is 0. The van der Waals surface area contributed by atoms with Gasteiger partial charge in [0.05, 0.1) is 0 Å². The molecule has 0 aliphatic carbocycles. The second kappa shape index (κ2) is 6.40. The van der Waals surface area contributed by atoms with Crippen LogP contribution in [0, 0.1) is 6.92 Å². The van der Waals surface area contributed by atoms with Crippen molar-refractivity contribution in [3.8, 4) is 45.6 Å². The monoisotopic (exact) mass is 354 g/mol. The summed E-state index contributed by atoms with van der Waals surface area (Å²) in [5.41, 5.74) is 1.76. The molecule has 6 heteroatoms. The summed E-state index contributed by atoms with van der Waals surface area (Å²) in [6, 6.07) is 9.54. The summed E-state index contributed by atoms with van der Waals surface area (Å²) >= 11 is 0.